The molecule has 0 aliphatic carbocycles. The highest BCUT2D eigenvalue weighted by atomic mass is 16.4. The average Bonchev–Trinajstić information content (AvgIpc) is 3.20. The van der Waals surface area contributed by atoms with Crippen molar-refractivity contribution in [2.45, 2.75) is 12.8 Å². The molecular formula is C21H18N2O4. The number of hydrogen-bond acceptors (Lipinski definition) is 3. The monoisotopic (exact) mass is 362 g/mol. The first-order valence-corrected chi connectivity index (χ1v) is 8.40. The smallest absolute Gasteiger partial charge is 0.336 e. The van der Waals surface area contributed by atoms with Crippen LogP contribution in [0.2, 0.25) is 0 Å². The Bertz CT molecular complexity index is 991. The van der Waals surface area contributed by atoms with Gasteiger partial charge in [0.05, 0.1) is 29.3 Å². The molecule has 0 radical (unpaired) electrons. The molecule has 0 spiro atoms. The fourth-order valence-electron chi connectivity index (χ4n) is 2.99. The van der Waals surface area contributed by atoms with Gasteiger partial charge in [0.2, 0.25) is 0 Å². The Balaban J connectivity index is 1.94. The normalized spacial score (nSPS) is 11.3. The van der Waals surface area contributed by atoms with Gasteiger partial charge in [0.1, 0.15) is 0 Å². The van der Waals surface area contributed by atoms with Crippen LogP contribution in [0.3, 0.4) is 0 Å². The summed E-state index contributed by atoms with van der Waals surface area (Å²) in [5, 5.41) is 18.8. The Hall–Kier alpha value is -3.67. The summed E-state index contributed by atoms with van der Waals surface area (Å²) in [4.78, 5) is 30.0. The number of carbonyl (C=O) groups is 2. The third-order valence-electron chi connectivity index (χ3n) is 4.25. The minimum atomic E-state index is -1.01. The maximum atomic E-state index is 11.6. The number of hydrogen-bond donors (Lipinski definition) is 3. The molecule has 27 heavy (non-hydrogen) atoms. The van der Waals surface area contributed by atoms with Crippen molar-refractivity contribution in [2.75, 3.05) is 0 Å². The highest BCUT2D eigenvalue weighted by molar-refractivity contribution is 5.96. The predicted molar refractivity (Wildman–Crippen MR) is 101 cm³/mol. The van der Waals surface area contributed by atoms with Crippen LogP contribution in [-0.4, -0.2) is 32.1 Å². The molecular weight excluding hydrogens is 344 g/mol. The van der Waals surface area contributed by atoms with E-state index in [9.17, 15) is 19.8 Å². The van der Waals surface area contributed by atoms with Crippen LogP contribution in [0.15, 0.2) is 67.1 Å². The third-order valence-corrected chi connectivity index (χ3v) is 4.25. The van der Waals surface area contributed by atoms with Gasteiger partial charge >= 0.3 is 11.9 Å². The van der Waals surface area contributed by atoms with Crippen molar-refractivity contribution in [1.29, 1.82) is 0 Å². The van der Waals surface area contributed by atoms with E-state index in [1.165, 1.54) is 6.33 Å². The molecule has 3 N–H and O–H groups in total. The maximum absolute atomic E-state index is 11.6. The van der Waals surface area contributed by atoms with E-state index in [1.807, 2.05) is 6.08 Å². The SMILES string of the molecule is O=C(O)c1ccccc1CC/C=C(/c1cnc[nH]1)c1ccccc1C(=O)O. The molecule has 0 fully saturated rings. The second-order valence-electron chi connectivity index (χ2n) is 5.93. The standard InChI is InChI=1S/C21H18N2O4/c24-20(25)15-8-2-1-6-14(15)7-5-11-17(19-12-22-13-23-19)16-9-3-4-10-18(16)21(26)27/h1-4,6,8-13H,5,7H2,(H,22,23)(H,24,25)(H,26,27)/b17-11+. The molecule has 2 aromatic carbocycles. The minimum absolute atomic E-state index is 0.198. The van der Waals surface area contributed by atoms with E-state index >= 15 is 0 Å². The topological polar surface area (TPSA) is 103 Å². The molecule has 136 valence electrons. The van der Waals surface area contributed by atoms with Crippen molar-refractivity contribution in [3.05, 3.63) is 95.1 Å². The van der Waals surface area contributed by atoms with Crippen LogP contribution in [0.4, 0.5) is 0 Å². The van der Waals surface area contributed by atoms with Gasteiger partial charge < -0.3 is 15.2 Å². The van der Waals surface area contributed by atoms with Gasteiger partial charge in [-0.3, -0.25) is 0 Å². The Kier molecular flexibility index (Phi) is 5.47. The van der Waals surface area contributed by atoms with Crippen LogP contribution in [0.5, 0.6) is 0 Å². The molecule has 1 aromatic heterocycles. The predicted octanol–water partition coefficient (Wildman–Crippen LogP) is 3.87. The van der Waals surface area contributed by atoms with Gasteiger partial charge in [-0.15, -0.1) is 0 Å². The Morgan fingerprint density at radius 3 is 2.19 bits per heavy atom. The van der Waals surface area contributed by atoms with E-state index in [2.05, 4.69) is 9.97 Å². The van der Waals surface area contributed by atoms with Crippen molar-refractivity contribution in [3.8, 4) is 0 Å². The number of aryl methyl sites for hydroxylation is 1. The van der Waals surface area contributed by atoms with Crippen LogP contribution in [0, 0.1) is 0 Å². The zero-order valence-electron chi connectivity index (χ0n) is 14.4. The number of rotatable bonds is 7. The largest absolute Gasteiger partial charge is 0.478 e. The average molecular weight is 362 g/mol. The fraction of sp³-hybridized carbons (Fsp3) is 0.0952. The lowest BCUT2D eigenvalue weighted by Gasteiger charge is -2.10. The molecule has 6 nitrogen and oxygen atoms in total. The zero-order valence-corrected chi connectivity index (χ0v) is 14.4. The second-order valence-corrected chi connectivity index (χ2v) is 5.93. The zero-order chi connectivity index (χ0) is 19.2. The van der Waals surface area contributed by atoms with Crippen molar-refractivity contribution < 1.29 is 19.8 Å². The minimum Gasteiger partial charge on any atom is -0.478 e. The number of nitrogens with zero attached hydrogens (tertiary/aromatic N) is 1. The number of allylic oxidation sites excluding steroid dienone is 1. The van der Waals surface area contributed by atoms with Crippen LogP contribution >= 0.6 is 0 Å². The van der Waals surface area contributed by atoms with E-state index in [-0.39, 0.29) is 11.1 Å². The van der Waals surface area contributed by atoms with E-state index in [1.54, 1.807) is 54.7 Å². The molecule has 3 rings (SSSR count). The van der Waals surface area contributed by atoms with Gasteiger partial charge in [-0.05, 0) is 36.1 Å². The van der Waals surface area contributed by atoms with Crippen molar-refractivity contribution in [2.24, 2.45) is 0 Å². The summed E-state index contributed by atoms with van der Waals surface area (Å²) in [6.45, 7) is 0. The van der Waals surface area contributed by atoms with Crippen LogP contribution in [-0.2, 0) is 6.42 Å². The Labute approximate surface area is 155 Å². The number of benzene rings is 2. The number of carboxylic acids is 2. The van der Waals surface area contributed by atoms with Crippen LogP contribution in [0.25, 0.3) is 5.57 Å². The number of aromatic nitrogens is 2. The lowest BCUT2D eigenvalue weighted by molar-refractivity contribution is 0.0685. The fourth-order valence-corrected chi connectivity index (χ4v) is 2.99. The summed E-state index contributed by atoms with van der Waals surface area (Å²) in [6, 6.07) is 13.6. The summed E-state index contributed by atoms with van der Waals surface area (Å²) < 4.78 is 0. The molecule has 0 amide bonds. The number of H-pyrrole nitrogens is 1. The van der Waals surface area contributed by atoms with Gasteiger partial charge in [-0.1, -0.05) is 42.5 Å². The molecule has 6 heteroatoms. The highest BCUT2D eigenvalue weighted by Gasteiger charge is 2.15. The maximum Gasteiger partial charge on any atom is 0.336 e. The molecule has 0 bridgehead atoms. The Morgan fingerprint density at radius 1 is 0.926 bits per heavy atom. The summed E-state index contributed by atoms with van der Waals surface area (Å²) in [7, 11) is 0. The van der Waals surface area contributed by atoms with Gasteiger partial charge in [-0.2, -0.15) is 0 Å². The molecule has 1 heterocycles. The number of imidazole rings is 1. The van der Waals surface area contributed by atoms with E-state index in [0.717, 1.165) is 11.1 Å². The van der Waals surface area contributed by atoms with Gasteiger partial charge in [0.15, 0.2) is 0 Å². The lowest BCUT2D eigenvalue weighted by atomic mass is 9.95. The highest BCUT2D eigenvalue weighted by Crippen LogP contribution is 2.26. The van der Waals surface area contributed by atoms with Crippen molar-refractivity contribution in [3.63, 3.8) is 0 Å². The summed E-state index contributed by atoms with van der Waals surface area (Å²) in [6.07, 6.45) is 6.15. The lowest BCUT2D eigenvalue weighted by Crippen LogP contribution is -2.03. The quantitative estimate of drug-likeness (QED) is 0.592. The molecule has 0 atom stereocenters. The summed E-state index contributed by atoms with van der Waals surface area (Å²) >= 11 is 0. The number of aromatic amines is 1. The molecule has 0 aliphatic rings. The van der Waals surface area contributed by atoms with Gasteiger partial charge in [-0.25, -0.2) is 14.6 Å². The molecule has 0 unspecified atom stereocenters. The van der Waals surface area contributed by atoms with E-state index in [4.69, 9.17) is 0 Å². The first-order chi connectivity index (χ1) is 13.1. The second kappa shape index (κ2) is 8.14. The van der Waals surface area contributed by atoms with Crippen LogP contribution in [0.1, 0.15) is 44.0 Å². The summed E-state index contributed by atoms with van der Waals surface area (Å²) in [5.74, 6) is -1.97. The molecule has 0 aliphatic heterocycles. The first kappa shape index (κ1) is 18.1. The van der Waals surface area contributed by atoms with Gasteiger partial charge in [0, 0.05) is 5.57 Å². The molecule has 0 saturated heterocycles. The van der Waals surface area contributed by atoms with Gasteiger partial charge in [0.25, 0.3) is 0 Å². The van der Waals surface area contributed by atoms with E-state index in [0.29, 0.717) is 24.1 Å². The molecule has 0 saturated carbocycles. The van der Waals surface area contributed by atoms with Crippen molar-refractivity contribution >= 4 is 17.5 Å². The summed E-state index contributed by atoms with van der Waals surface area (Å²) in [5.41, 5.74) is 3.22. The number of nitrogens with one attached hydrogen (secondary N) is 1. The number of aromatic carboxylic acids is 2. The van der Waals surface area contributed by atoms with E-state index < -0.39 is 11.9 Å². The number of carboxylic acid groups (broad SMARTS) is 2. The first-order valence-electron chi connectivity index (χ1n) is 8.40. The van der Waals surface area contributed by atoms with Crippen LogP contribution < -0.4 is 0 Å². The molecule has 3 aromatic rings. The van der Waals surface area contributed by atoms with Crippen molar-refractivity contribution in [1.82, 2.24) is 9.97 Å². The third kappa shape index (κ3) is 4.12. The Morgan fingerprint density at radius 2 is 1.56 bits per heavy atom.